The molecular formula is C22H21ClN2O4S. The first-order valence-corrected chi connectivity index (χ1v) is 11.0. The summed E-state index contributed by atoms with van der Waals surface area (Å²) in [6.07, 6.45) is 0. The fraction of sp³-hybridized carbons (Fsp3) is 0.136. The van der Waals surface area contributed by atoms with Crippen LogP contribution in [0.2, 0.25) is 5.02 Å². The van der Waals surface area contributed by atoms with E-state index in [-0.39, 0.29) is 10.8 Å². The topological polar surface area (TPSA) is 75.7 Å². The number of rotatable bonds is 8. The number of benzene rings is 3. The highest BCUT2D eigenvalue weighted by Gasteiger charge is 2.21. The molecule has 0 aromatic heterocycles. The van der Waals surface area contributed by atoms with Crippen LogP contribution in [0.15, 0.2) is 83.8 Å². The third-order valence-corrected chi connectivity index (χ3v) is 6.42. The molecule has 1 amide bonds. The zero-order chi connectivity index (χ0) is 21.6. The summed E-state index contributed by atoms with van der Waals surface area (Å²) in [5, 5.41) is 3.36. The van der Waals surface area contributed by atoms with Crippen molar-refractivity contribution >= 4 is 33.2 Å². The van der Waals surface area contributed by atoms with E-state index in [1.165, 1.54) is 35.6 Å². The second kappa shape index (κ2) is 9.65. The van der Waals surface area contributed by atoms with Crippen molar-refractivity contribution in [2.45, 2.75) is 4.90 Å². The Morgan fingerprint density at radius 1 is 0.967 bits per heavy atom. The van der Waals surface area contributed by atoms with Gasteiger partial charge in [-0.05, 0) is 60.7 Å². The van der Waals surface area contributed by atoms with Crippen molar-refractivity contribution in [2.75, 3.05) is 24.5 Å². The van der Waals surface area contributed by atoms with Gasteiger partial charge in [0.2, 0.25) is 0 Å². The number of carbonyl (C=O) groups is 1. The van der Waals surface area contributed by atoms with Crippen molar-refractivity contribution in [2.24, 2.45) is 0 Å². The summed E-state index contributed by atoms with van der Waals surface area (Å²) < 4.78 is 32.3. The van der Waals surface area contributed by atoms with E-state index in [0.717, 1.165) is 0 Å². The fourth-order valence-corrected chi connectivity index (χ4v) is 4.00. The van der Waals surface area contributed by atoms with Crippen LogP contribution < -0.4 is 14.4 Å². The number of nitrogens with one attached hydrogen (secondary N) is 1. The Balaban J connectivity index is 1.56. The average molecular weight is 445 g/mol. The molecular weight excluding hydrogens is 424 g/mol. The molecule has 0 spiro atoms. The molecule has 0 atom stereocenters. The van der Waals surface area contributed by atoms with Crippen molar-refractivity contribution in [1.29, 1.82) is 0 Å². The second-order valence-corrected chi connectivity index (χ2v) is 8.80. The van der Waals surface area contributed by atoms with Crippen LogP contribution in [0.3, 0.4) is 0 Å². The first-order chi connectivity index (χ1) is 14.4. The van der Waals surface area contributed by atoms with E-state index < -0.39 is 10.0 Å². The second-order valence-electron chi connectivity index (χ2n) is 6.39. The summed E-state index contributed by atoms with van der Waals surface area (Å²) in [4.78, 5) is 12.4. The summed E-state index contributed by atoms with van der Waals surface area (Å²) in [6, 6.07) is 21.5. The molecule has 0 aliphatic carbocycles. The molecule has 0 radical (unpaired) electrons. The SMILES string of the molecule is CN(c1ccccc1)S(=O)(=O)c1ccc(C(=O)NCCOc2ccc(Cl)cc2)cc1. The maximum Gasteiger partial charge on any atom is 0.264 e. The molecule has 8 heteroatoms. The van der Waals surface area contributed by atoms with Crippen LogP contribution in [0.25, 0.3) is 0 Å². The monoisotopic (exact) mass is 444 g/mol. The Morgan fingerprint density at radius 2 is 1.60 bits per heavy atom. The molecule has 0 aliphatic rings. The molecule has 3 aromatic rings. The number of hydrogen-bond acceptors (Lipinski definition) is 4. The van der Waals surface area contributed by atoms with Crippen molar-refractivity contribution < 1.29 is 17.9 Å². The lowest BCUT2D eigenvalue weighted by Gasteiger charge is -2.19. The van der Waals surface area contributed by atoms with E-state index in [9.17, 15) is 13.2 Å². The van der Waals surface area contributed by atoms with Crippen LogP contribution in [0, 0.1) is 0 Å². The third-order valence-electron chi connectivity index (χ3n) is 4.36. The van der Waals surface area contributed by atoms with Crippen LogP contribution in [0.4, 0.5) is 5.69 Å². The Bertz CT molecular complexity index is 1090. The fourth-order valence-electron chi connectivity index (χ4n) is 2.68. The number of ether oxygens (including phenoxy) is 1. The Kier molecular flexibility index (Phi) is 6.97. The van der Waals surface area contributed by atoms with Gasteiger partial charge in [-0.25, -0.2) is 8.42 Å². The molecule has 0 heterocycles. The van der Waals surface area contributed by atoms with Crippen LogP contribution in [-0.2, 0) is 10.0 Å². The van der Waals surface area contributed by atoms with Gasteiger partial charge in [0.25, 0.3) is 15.9 Å². The molecule has 0 saturated carbocycles. The van der Waals surface area contributed by atoms with E-state index >= 15 is 0 Å². The predicted molar refractivity (Wildman–Crippen MR) is 118 cm³/mol. The van der Waals surface area contributed by atoms with Gasteiger partial charge in [-0.15, -0.1) is 0 Å². The highest BCUT2D eigenvalue weighted by atomic mass is 35.5. The van der Waals surface area contributed by atoms with Gasteiger partial charge in [-0.2, -0.15) is 0 Å². The van der Waals surface area contributed by atoms with Gasteiger partial charge in [0.1, 0.15) is 12.4 Å². The van der Waals surface area contributed by atoms with Crippen LogP contribution in [0.5, 0.6) is 5.75 Å². The van der Waals surface area contributed by atoms with Gasteiger partial charge in [0, 0.05) is 17.6 Å². The lowest BCUT2D eigenvalue weighted by Crippen LogP contribution is -2.28. The van der Waals surface area contributed by atoms with Crippen LogP contribution in [-0.4, -0.2) is 34.5 Å². The standard InChI is InChI=1S/C22H21ClN2O4S/c1-25(19-5-3-2-4-6-19)30(27,28)21-13-7-17(8-14-21)22(26)24-15-16-29-20-11-9-18(23)10-12-20/h2-14H,15-16H2,1H3,(H,24,26). The van der Waals surface area contributed by atoms with Gasteiger partial charge in [-0.1, -0.05) is 29.8 Å². The quantitative estimate of drug-likeness (QED) is 0.533. The van der Waals surface area contributed by atoms with E-state index in [1.54, 1.807) is 48.5 Å². The minimum atomic E-state index is -3.72. The minimum Gasteiger partial charge on any atom is -0.492 e. The zero-order valence-corrected chi connectivity index (χ0v) is 17.9. The molecule has 0 aliphatic heterocycles. The molecule has 1 N–H and O–H groups in total. The van der Waals surface area contributed by atoms with E-state index in [2.05, 4.69) is 5.32 Å². The highest BCUT2D eigenvalue weighted by molar-refractivity contribution is 7.92. The summed E-state index contributed by atoms with van der Waals surface area (Å²) in [5.74, 6) is 0.348. The van der Waals surface area contributed by atoms with Gasteiger partial charge in [-0.3, -0.25) is 9.10 Å². The number of anilines is 1. The average Bonchev–Trinajstić information content (AvgIpc) is 2.78. The van der Waals surface area contributed by atoms with Crippen molar-refractivity contribution in [1.82, 2.24) is 5.32 Å². The van der Waals surface area contributed by atoms with Gasteiger partial charge in [0.05, 0.1) is 17.1 Å². The summed E-state index contributed by atoms with van der Waals surface area (Å²) >= 11 is 5.82. The maximum absolute atomic E-state index is 12.8. The summed E-state index contributed by atoms with van der Waals surface area (Å²) in [6.45, 7) is 0.597. The molecule has 3 rings (SSSR count). The van der Waals surface area contributed by atoms with Crippen molar-refractivity contribution in [3.8, 4) is 5.75 Å². The zero-order valence-electron chi connectivity index (χ0n) is 16.3. The molecule has 0 bridgehead atoms. The molecule has 3 aromatic carbocycles. The molecule has 30 heavy (non-hydrogen) atoms. The number of amides is 1. The lowest BCUT2D eigenvalue weighted by atomic mass is 10.2. The van der Waals surface area contributed by atoms with E-state index in [1.807, 2.05) is 6.07 Å². The van der Waals surface area contributed by atoms with E-state index in [4.69, 9.17) is 16.3 Å². The number of nitrogens with zero attached hydrogens (tertiary/aromatic N) is 1. The molecule has 0 fully saturated rings. The normalized spacial score (nSPS) is 11.0. The number of hydrogen-bond donors (Lipinski definition) is 1. The predicted octanol–water partition coefficient (Wildman–Crippen LogP) is 3.97. The van der Waals surface area contributed by atoms with E-state index in [0.29, 0.717) is 35.2 Å². The van der Waals surface area contributed by atoms with Crippen molar-refractivity contribution in [3.05, 3.63) is 89.4 Å². The van der Waals surface area contributed by atoms with Gasteiger partial charge < -0.3 is 10.1 Å². The Hall–Kier alpha value is -3.03. The first-order valence-electron chi connectivity index (χ1n) is 9.18. The Morgan fingerprint density at radius 3 is 2.23 bits per heavy atom. The van der Waals surface area contributed by atoms with Gasteiger partial charge in [0.15, 0.2) is 0 Å². The number of carbonyl (C=O) groups excluding carboxylic acids is 1. The number of halogens is 1. The van der Waals surface area contributed by atoms with Crippen LogP contribution >= 0.6 is 11.6 Å². The lowest BCUT2D eigenvalue weighted by molar-refractivity contribution is 0.0947. The first kappa shape index (κ1) is 21.7. The summed E-state index contributed by atoms with van der Waals surface area (Å²) in [5.41, 5.74) is 0.919. The summed E-state index contributed by atoms with van der Waals surface area (Å²) in [7, 11) is -2.22. The molecule has 0 unspecified atom stereocenters. The largest absolute Gasteiger partial charge is 0.492 e. The Labute approximate surface area is 181 Å². The maximum atomic E-state index is 12.8. The molecule has 6 nitrogen and oxygen atoms in total. The number of para-hydroxylation sites is 1. The highest BCUT2D eigenvalue weighted by Crippen LogP contribution is 2.22. The van der Waals surface area contributed by atoms with Crippen molar-refractivity contribution in [3.63, 3.8) is 0 Å². The third kappa shape index (κ3) is 5.31. The smallest absolute Gasteiger partial charge is 0.264 e. The number of sulfonamides is 1. The minimum absolute atomic E-state index is 0.108. The van der Waals surface area contributed by atoms with Gasteiger partial charge >= 0.3 is 0 Å². The molecule has 156 valence electrons. The van der Waals surface area contributed by atoms with Crippen LogP contribution in [0.1, 0.15) is 10.4 Å². The molecule has 0 saturated heterocycles.